The molecule has 0 amide bonds. The van der Waals surface area contributed by atoms with Crippen LogP contribution in [0.4, 0.5) is 0 Å². The third kappa shape index (κ3) is 3.47. The van der Waals surface area contributed by atoms with Crippen molar-refractivity contribution in [1.29, 1.82) is 0 Å². The first-order valence-electron chi connectivity index (χ1n) is 9.73. The Balaban J connectivity index is 1.54. The topological polar surface area (TPSA) is 69.3 Å². The van der Waals surface area contributed by atoms with Gasteiger partial charge >= 0.3 is 0 Å². The van der Waals surface area contributed by atoms with Crippen molar-refractivity contribution in [2.45, 2.75) is 44.1 Å². The van der Waals surface area contributed by atoms with Gasteiger partial charge in [-0.1, -0.05) is 18.9 Å². The van der Waals surface area contributed by atoms with Crippen LogP contribution in [0.3, 0.4) is 0 Å². The fraction of sp³-hybridized carbons (Fsp3) is 0.650. The molecule has 26 heavy (non-hydrogen) atoms. The summed E-state index contributed by atoms with van der Waals surface area (Å²) < 4.78 is 17.1. The third-order valence-corrected chi connectivity index (χ3v) is 5.82. The number of nitrogens with two attached hydrogens (primary N) is 1. The van der Waals surface area contributed by atoms with E-state index >= 15 is 0 Å². The van der Waals surface area contributed by atoms with Gasteiger partial charge in [0.2, 0.25) is 0 Å². The quantitative estimate of drug-likeness (QED) is 0.662. The van der Waals surface area contributed by atoms with Crippen molar-refractivity contribution in [1.82, 2.24) is 4.90 Å². The van der Waals surface area contributed by atoms with Gasteiger partial charge in [0.1, 0.15) is 13.2 Å². The van der Waals surface area contributed by atoms with Gasteiger partial charge in [0.05, 0.1) is 19.3 Å². The average Bonchev–Trinajstić information content (AvgIpc) is 3.16. The van der Waals surface area contributed by atoms with Gasteiger partial charge in [0.25, 0.3) is 0 Å². The Hall–Kier alpha value is -1.95. The molecule has 6 heteroatoms. The highest BCUT2D eigenvalue weighted by molar-refractivity contribution is 5.78. The van der Waals surface area contributed by atoms with Gasteiger partial charge in [0.15, 0.2) is 17.5 Å². The molecule has 3 aliphatic rings. The Labute approximate surface area is 155 Å². The minimum atomic E-state index is 0.0539. The Morgan fingerprint density at radius 2 is 1.96 bits per heavy atom. The van der Waals surface area contributed by atoms with Crippen molar-refractivity contribution < 1.29 is 14.2 Å². The Morgan fingerprint density at radius 1 is 1.19 bits per heavy atom. The number of nitrogens with zero attached hydrogens (tertiary/aromatic N) is 2. The molecule has 1 atom stereocenters. The monoisotopic (exact) mass is 359 g/mol. The molecule has 4 rings (SSSR count). The number of guanidine groups is 1. The fourth-order valence-corrected chi connectivity index (χ4v) is 4.32. The molecule has 1 aliphatic carbocycles. The number of hydrogen-bond acceptors (Lipinski definition) is 4. The molecule has 1 unspecified atom stereocenters. The van der Waals surface area contributed by atoms with E-state index in [0.29, 0.717) is 25.8 Å². The largest absolute Gasteiger partial charge is 0.486 e. The summed E-state index contributed by atoms with van der Waals surface area (Å²) in [6.07, 6.45) is 4.96. The lowest BCUT2D eigenvalue weighted by Crippen LogP contribution is -2.48. The van der Waals surface area contributed by atoms with Crippen molar-refractivity contribution in [3.05, 3.63) is 23.8 Å². The second-order valence-corrected chi connectivity index (χ2v) is 7.65. The van der Waals surface area contributed by atoms with E-state index in [1.165, 1.54) is 18.4 Å². The number of aliphatic imine (C=N–C) groups is 1. The number of fused-ring (bicyclic) bond motifs is 1. The maximum Gasteiger partial charge on any atom is 0.191 e. The Morgan fingerprint density at radius 3 is 2.73 bits per heavy atom. The third-order valence-electron chi connectivity index (χ3n) is 5.82. The molecule has 2 N–H and O–H groups in total. The van der Waals surface area contributed by atoms with Crippen LogP contribution in [0.25, 0.3) is 0 Å². The van der Waals surface area contributed by atoms with Crippen LogP contribution in [0, 0.1) is 0 Å². The molecule has 0 radical (unpaired) electrons. The first-order valence-corrected chi connectivity index (χ1v) is 9.73. The number of ether oxygens (including phenoxy) is 3. The number of hydrogen-bond donors (Lipinski definition) is 1. The minimum absolute atomic E-state index is 0.0539. The summed E-state index contributed by atoms with van der Waals surface area (Å²) >= 11 is 0. The van der Waals surface area contributed by atoms with Crippen molar-refractivity contribution in [2.24, 2.45) is 10.7 Å². The predicted molar refractivity (Wildman–Crippen MR) is 101 cm³/mol. The zero-order valence-electron chi connectivity index (χ0n) is 15.6. The average molecular weight is 359 g/mol. The molecule has 6 nitrogen and oxygen atoms in total. The van der Waals surface area contributed by atoms with Crippen LogP contribution in [0.5, 0.6) is 11.5 Å². The van der Waals surface area contributed by atoms with Gasteiger partial charge < -0.3 is 24.8 Å². The molecule has 2 aliphatic heterocycles. The van der Waals surface area contributed by atoms with Gasteiger partial charge in [-0.25, -0.2) is 0 Å². The predicted octanol–water partition coefficient (Wildman–Crippen LogP) is 2.30. The molecule has 1 aromatic carbocycles. The summed E-state index contributed by atoms with van der Waals surface area (Å²) in [7, 11) is 0. The molecule has 1 saturated heterocycles. The van der Waals surface area contributed by atoms with Gasteiger partial charge in [-0.2, -0.15) is 0 Å². The van der Waals surface area contributed by atoms with Crippen LogP contribution in [-0.4, -0.2) is 56.4 Å². The highest BCUT2D eigenvalue weighted by Gasteiger charge is 2.36. The summed E-state index contributed by atoms with van der Waals surface area (Å²) in [5.74, 6) is 2.35. The van der Waals surface area contributed by atoms with Gasteiger partial charge in [0, 0.05) is 18.5 Å². The first-order chi connectivity index (χ1) is 12.7. The minimum Gasteiger partial charge on any atom is -0.486 e. The smallest absolute Gasteiger partial charge is 0.191 e. The molecular formula is C20H29N3O3. The summed E-state index contributed by atoms with van der Waals surface area (Å²) in [4.78, 5) is 6.96. The van der Waals surface area contributed by atoms with Crippen LogP contribution in [0.2, 0.25) is 0 Å². The molecule has 142 valence electrons. The van der Waals surface area contributed by atoms with Crippen molar-refractivity contribution in [2.75, 3.05) is 39.5 Å². The summed E-state index contributed by atoms with van der Waals surface area (Å²) in [5, 5.41) is 0. The van der Waals surface area contributed by atoms with Crippen molar-refractivity contribution in [3.63, 3.8) is 0 Å². The molecular weight excluding hydrogens is 330 g/mol. The van der Waals surface area contributed by atoms with Crippen molar-refractivity contribution in [3.8, 4) is 11.5 Å². The molecule has 1 saturated carbocycles. The summed E-state index contributed by atoms with van der Waals surface area (Å²) in [6, 6.07) is 6.38. The van der Waals surface area contributed by atoms with Gasteiger partial charge in [-0.05, 0) is 37.5 Å². The summed E-state index contributed by atoms with van der Waals surface area (Å²) in [6.45, 7) is 6.38. The van der Waals surface area contributed by atoms with Crippen LogP contribution in [-0.2, 0) is 10.2 Å². The maximum absolute atomic E-state index is 6.31. The second-order valence-electron chi connectivity index (χ2n) is 7.65. The molecule has 2 fully saturated rings. The van der Waals surface area contributed by atoms with E-state index in [9.17, 15) is 0 Å². The van der Waals surface area contributed by atoms with E-state index in [0.717, 1.165) is 44.0 Å². The van der Waals surface area contributed by atoms with E-state index in [4.69, 9.17) is 24.9 Å². The fourth-order valence-electron chi connectivity index (χ4n) is 4.32. The zero-order valence-corrected chi connectivity index (χ0v) is 15.6. The maximum atomic E-state index is 6.31. The molecule has 0 bridgehead atoms. The highest BCUT2D eigenvalue weighted by atomic mass is 16.6. The van der Waals surface area contributed by atoms with E-state index < -0.39 is 0 Å². The normalized spacial score (nSPS) is 25.3. The molecule has 0 aromatic heterocycles. The molecule has 0 spiro atoms. The Bertz CT molecular complexity index is 670. The van der Waals surface area contributed by atoms with Gasteiger partial charge in [-0.3, -0.25) is 4.99 Å². The Kier molecular flexibility index (Phi) is 4.94. The number of rotatable bonds is 3. The van der Waals surface area contributed by atoms with Crippen LogP contribution >= 0.6 is 0 Å². The van der Waals surface area contributed by atoms with Crippen LogP contribution < -0.4 is 15.2 Å². The van der Waals surface area contributed by atoms with Crippen molar-refractivity contribution >= 4 is 5.96 Å². The first kappa shape index (κ1) is 17.5. The standard InChI is InChI=1S/C20H29N3O3/c1-15-13-23(8-9-24-15)19(21)22-14-20(6-2-3-7-20)16-4-5-17-18(12-16)26-11-10-25-17/h4-5,12,15H,2-3,6-11,13-14H2,1H3,(H2,21,22). The second kappa shape index (κ2) is 7.35. The van der Waals surface area contributed by atoms with E-state index in [1.807, 2.05) is 6.07 Å². The summed E-state index contributed by atoms with van der Waals surface area (Å²) in [5.41, 5.74) is 7.66. The van der Waals surface area contributed by atoms with Gasteiger partial charge in [-0.15, -0.1) is 0 Å². The lowest BCUT2D eigenvalue weighted by Gasteiger charge is -2.33. The lowest BCUT2D eigenvalue weighted by molar-refractivity contribution is 0.00526. The number of benzene rings is 1. The molecule has 1 aromatic rings. The highest BCUT2D eigenvalue weighted by Crippen LogP contribution is 2.44. The molecule has 2 heterocycles. The van der Waals surface area contributed by atoms with E-state index in [-0.39, 0.29) is 11.5 Å². The van der Waals surface area contributed by atoms with Crippen LogP contribution in [0.1, 0.15) is 38.2 Å². The van der Waals surface area contributed by atoms with E-state index in [1.54, 1.807) is 0 Å². The van der Waals surface area contributed by atoms with E-state index in [2.05, 4.69) is 24.0 Å². The number of morpholine rings is 1. The lowest BCUT2D eigenvalue weighted by atomic mass is 9.79. The SMILES string of the molecule is CC1CN(C(N)=NCC2(c3ccc4c(c3)OCCO4)CCCC2)CCO1. The zero-order chi connectivity index (χ0) is 18.0. The van der Waals surface area contributed by atoms with Crippen LogP contribution in [0.15, 0.2) is 23.2 Å².